The van der Waals surface area contributed by atoms with Crippen LogP contribution in [0, 0.1) is 16.2 Å². The maximum absolute atomic E-state index is 13.9. The Morgan fingerprint density at radius 2 is 1.08 bits per heavy atom. The largest absolute Gasteiger partial charge is 0.402 e. The van der Waals surface area contributed by atoms with Crippen molar-refractivity contribution in [2.45, 2.75) is 99.6 Å². The second-order valence-electron chi connectivity index (χ2n) is 14.1. The molecule has 0 aromatic heterocycles. The number of hydrogen-bond acceptors (Lipinski definition) is 3. The Bertz CT molecular complexity index is 989. The molecule has 3 nitrogen and oxygen atoms in total. The number of aldehydes is 1. The Hall–Kier alpha value is -2.04. The highest BCUT2D eigenvalue weighted by Crippen LogP contribution is 2.45. The fourth-order valence-corrected chi connectivity index (χ4v) is 11.3. The molecule has 0 bridgehead atoms. The zero-order chi connectivity index (χ0) is 27.6. The van der Waals surface area contributed by atoms with Crippen LogP contribution in [0.2, 0.25) is 5.04 Å². The molecule has 0 radical (unpaired) electrons. The van der Waals surface area contributed by atoms with E-state index >= 15 is 0 Å². The molecule has 0 N–H and O–H groups in total. The van der Waals surface area contributed by atoms with Gasteiger partial charge in [-0.05, 0) is 42.1 Å². The summed E-state index contributed by atoms with van der Waals surface area (Å²) in [7, 11) is -2.77. The molecule has 2 rings (SSSR count). The van der Waals surface area contributed by atoms with Gasteiger partial charge in [0.25, 0.3) is 8.32 Å². The minimum Gasteiger partial charge on any atom is -0.402 e. The zero-order valence-electron chi connectivity index (χ0n) is 24.5. The number of carbonyl (C=O) groups excluding carboxylic acids is 2. The molecule has 0 atom stereocenters. The van der Waals surface area contributed by atoms with Crippen molar-refractivity contribution in [3.05, 3.63) is 60.7 Å². The van der Waals surface area contributed by atoms with E-state index in [9.17, 15) is 9.59 Å². The van der Waals surface area contributed by atoms with E-state index in [1.165, 1.54) is 10.4 Å². The summed E-state index contributed by atoms with van der Waals surface area (Å²) in [6.07, 6.45) is 2.06. The minimum atomic E-state index is -2.77. The fourth-order valence-electron chi connectivity index (χ4n) is 6.42. The molecule has 198 valence electrons. The molecule has 2 aromatic rings. The summed E-state index contributed by atoms with van der Waals surface area (Å²) >= 11 is 0. The number of hydrogen-bond donors (Lipinski definition) is 0. The van der Waals surface area contributed by atoms with Crippen molar-refractivity contribution in [2.75, 3.05) is 0 Å². The van der Waals surface area contributed by atoms with Gasteiger partial charge in [-0.1, -0.05) is 123 Å². The van der Waals surface area contributed by atoms with Crippen molar-refractivity contribution in [3.63, 3.8) is 0 Å². The quantitative estimate of drug-likeness (QED) is 0.243. The van der Waals surface area contributed by atoms with Crippen LogP contribution < -0.4 is 10.4 Å². The lowest BCUT2D eigenvalue weighted by atomic mass is 9.64. The maximum Gasteiger partial charge on any atom is 0.261 e. The Balaban J connectivity index is 2.54. The maximum atomic E-state index is 13.9. The molecule has 0 unspecified atom stereocenters. The highest BCUT2D eigenvalue weighted by atomic mass is 28.4. The predicted molar refractivity (Wildman–Crippen MR) is 154 cm³/mol. The second-order valence-corrected chi connectivity index (χ2v) is 18.3. The minimum absolute atomic E-state index is 0.144. The third kappa shape index (κ3) is 6.63. The van der Waals surface area contributed by atoms with Crippen molar-refractivity contribution in [1.82, 2.24) is 0 Å². The standard InChI is InChI=1S/C32H48O3Si/c1-28(2,3)36(25-18-14-12-15-19-25,26-20-16-13-17-21-26)35-32(10,11)23-31(8,9)27(34)30(6,7)22-29(4,5)24-33/h12-21,24H,22-23H2,1-11H3. The van der Waals surface area contributed by atoms with Gasteiger partial charge >= 0.3 is 0 Å². The molecule has 2 aromatic carbocycles. The second kappa shape index (κ2) is 10.4. The molecular weight excluding hydrogens is 460 g/mol. The molecule has 0 fully saturated rings. The predicted octanol–water partition coefficient (Wildman–Crippen LogP) is 6.97. The number of benzene rings is 2. The van der Waals surface area contributed by atoms with Crippen LogP contribution >= 0.6 is 0 Å². The first kappa shape index (κ1) is 30.2. The van der Waals surface area contributed by atoms with E-state index in [0.29, 0.717) is 12.8 Å². The van der Waals surface area contributed by atoms with Crippen molar-refractivity contribution in [1.29, 1.82) is 0 Å². The van der Waals surface area contributed by atoms with Gasteiger partial charge in [0.15, 0.2) is 0 Å². The summed E-state index contributed by atoms with van der Waals surface area (Å²) in [6.45, 7) is 22.9. The van der Waals surface area contributed by atoms with Crippen molar-refractivity contribution < 1.29 is 14.0 Å². The molecule has 0 aliphatic rings. The number of Topliss-reactive ketones (excluding diaryl/α,β-unsaturated/α-hetero) is 1. The van der Waals surface area contributed by atoms with Gasteiger partial charge in [-0.2, -0.15) is 0 Å². The van der Waals surface area contributed by atoms with Crippen LogP contribution in [0.1, 0.15) is 89.0 Å². The van der Waals surface area contributed by atoms with E-state index < -0.39 is 30.2 Å². The van der Waals surface area contributed by atoms with Gasteiger partial charge in [-0.3, -0.25) is 4.79 Å². The first-order valence-electron chi connectivity index (χ1n) is 13.1. The van der Waals surface area contributed by atoms with Crippen LogP contribution in [-0.4, -0.2) is 26.0 Å². The summed E-state index contributed by atoms with van der Waals surface area (Å²) in [6, 6.07) is 21.2. The van der Waals surface area contributed by atoms with Gasteiger partial charge < -0.3 is 9.22 Å². The summed E-state index contributed by atoms with van der Waals surface area (Å²) in [5.74, 6) is 0.170. The lowest BCUT2D eigenvalue weighted by Gasteiger charge is -2.49. The van der Waals surface area contributed by atoms with Crippen LogP contribution in [0.3, 0.4) is 0 Å². The summed E-state index contributed by atoms with van der Waals surface area (Å²) in [5, 5.41) is 2.32. The first-order valence-corrected chi connectivity index (χ1v) is 15.0. The van der Waals surface area contributed by atoms with Crippen molar-refractivity contribution >= 4 is 30.8 Å². The molecule has 0 aliphatic heterocycles. The Morgan fingerprint density at radius 1 is 0.694 bits per heavy atom. The zero-order valence-corrected chi connectivity index (χ0v) is 25.5. The van der Waals surface area contributed by atoms with Crippen LogP contribution in [0.4, 0.5) is 0 Å². The SMILES string of the molecule is CC(C)(C=O)CC(C)(C)C(=O)C(C)(C)CC(C)(C)O[Si](c1ccccc1)(c1ccccc1)C(C)(C)C. The normalized spacial score (nSPS) is 14.0. The monoisotopic (exact) mass is 508 g/mol. The fraction of sp³-hybridized carbons (Fsp3) is 0.562. The lowest BCUT2D eigenvalue weighted by molar-refractivity contribution is -0.140. The lowest BCUT2D eigenvalue weighted by Crippen LogP contribution is -2.69. The van der Waals surface area contributed by atoms with Gasteiger partial charge in [0, 0.05) is 16.2 Å². The molecule has 4 heteroatoms. The van der Waals surface area contributed by atoms with E-state index in [-0.39, 0.29) is 10.8 Å². The summed E-state index contributed by atoms with van der Waals surface area (Å²) < 4.78 is 7.41. The van der Waals surface area contributed by atoms with Crippen molar-refractivity contribution in [3.8, 4) is 0 Å². The van der Waals surface area contributed by atoms with Gasteiger partial charge in [0.2, 0.25) is 0 Å². The van der Waals surface area contributed by atoms with Crippen molar-refractivity contribution in [2.24, 2.45) is 16.2 Å². The van der Waals surface area contributed by atoms with E-state index in [0.717, 1.165) is 6.29 Å². The molecule has 36 heavy (non-hydrogen) atoms. The molecule has 0 spiro atoms. The molecule has 0 aliphatic carbocycles. The van der Waals surface area contributed by atoms with E-state index in [1.54, 1.807) is 0 Å². The van der Waals surface area contributed by atoms with E-state index in [4.69, 9.17) is 4.43 Å². The van der Waals surface area contributed by atoms with E-state index in [2.05, 4.69) is 83.1 Å². The number of ketones is 1. The highest BCUT2D eigenvalue weighted by Gasteiger charge is 2.54. The van der Waals surface area contributed by atoms with Gasteiger partial charge in [-0.25, -0.2) is 0 Å². The average Bonchev–Trinajstić information content (AvgIpc) is 2.76. The van der Waals surface area contributed by atoms with Crippen LogP contribution in [-0.2, 0) is 14.0 Å². The number of carbonyl (C=O) groups is 2. The molecule has 0 amide bonds. The number of rotatable bonds is 11. The summed E-state index contributed by atoms with van der Waals surface area (Å²) in [5.41, 5.74) is -2.37. The van der Waals surface area contributed by atoms with Crippen LogP contribution in [0.25, 0.3) is 0 Å². The Morgan fingerprint density at radius 3 is 1.44 bits per heavy atom. The van der Waals surface area contributed by atoms with Gasteiger partial charge in [0.1, 0.15) is 12.1 Å². The third-order valence-corrected chi connectivity index (χ3v) is 12.4. The van der Waals surface area contributed by atoms with Gasteiger partial charge in [0.05, 0.1) is 5.60 Å². The van der Waals surface area contributed by atoms with Crippen LogP contribution in [0.15, 0.2) is 60.7 Å². The molecule has 0 heterocycles. The molecule has 0 saturated heterocycles. The summed E-state index contributed by atoms with van der Waals surface area (Å²) in [4.78, 5) is 25.5. The van der Waals surface area contributed by atoms with Gasteiger partial charge in [-0.15, -0.1) is 0 Å². The average molecular weight is 509 g/mol. The molecular formula is C32H48O3Si. The topological polar surface area (TPSA) is 43.4 Å². The Labute approximate surface area is 221 Å². The smallest absolute Gasteiger partial charge is 0.261 e. The van der Waals surface area contributed by atoms with Crippen LogP contribution in [0.5, 0.6) is 0 Å². The highest BCUT2D eigenvalue weighted by molar-refractivity contribution is 6.99. The van der Waals surface area contributed by atoms with E-state index in [1.807, 2.05) is 53.7 Å². The Kier molecular flexibility index (Phi) is 8.70. The molecule has 0 saturated carbocycles. The first-order chi connectivity index (χ1) is 16.3. The third-order valence-electron chi connectivity index (χ3n) is 7.16.